The van der Waals surface area contributed by atoms with E-state index in [1.54, 1.807) is 0 Å². The summed E-state index contributed by atoms with van der Waals surface area (Å²) in [5.41, 5.74) is 2.21. The van der Waals surface area contributed by atoms with E-state index in [4.69, 9.17) is 4.74 Å². The number of hydrogen-bond donors (Lipinski definition) is 0. The van der Waals surface area contributed by atoms with Crippen molar-refractivity contribution in [2.24, 2.45) is 0 Å². The van der Waals surface area contributed by atoms with Crippen molar-refractivity contribution < 1.29 is 4.74 Å². The van der Waals surface area contributed by atoms with Gasteiger partial charge < -0.3 is 4.74 Å². The molecule has 0 N–H and O–H groups in total. The molecule has 1 aromatic heterocycles. The largest absolute Gasteiger partial charge is 0.360 e. The average molecular weight is 341 g/mol. The van der Waals surface area contributed by atoms with Gasteiger partial charge in [0, 0.05) is 30.7 Å². The number of benzene rings is 1. The first-order chi connectivity index (χ1) is 8.87. The van der Waals surface area contributed by atoms with Crippen LogP contribution in [0.4, 0.5) is 0 Å². The quantitative estimate of drug-likeness (QED) is 0.595. The van der Waals surface area contributed by atoms with Crippen molar-refractivity contribution in [3.8, 4) is 0 Å². The van der Waals surface area contributed by atoms with Crippen LogP contribution in [-0.4, -0.2) is 24.5 Å². The maximum atomic E-state index is 5.72. The van der Waals surface area contributed by atoms with Crippen molar-refractivity contribution >= 4 is 34.9 Å². The fraction of sp³-hybridized carbons (Fsp3) is 0.500. The maximum Gasteiger partial charge on any atom is 0.139 e. The molecule has 3 nitrogen and oxygen atoms in total. The van der Waals surface area contributed by atoms with Gasteiger partial charge in [0.2, 0.25) is 0 Å². The van der Waals surface area contributed by atoms with Crippen molar-refractivity contribution in [3.63, 3.8) is 0 Å². The molecule has 1 heterocycles. The van der Waals surface area contributed by atoms with Crippen molar-refractivity contribution in [2.75, 3.05) is 6.61 Å². The van der Waals surface area contributed by atoms with Crippen LogP contribution in [-0.2, 0) is 11.5 Å². The smallest absolute Gasteiger partial charge is 0.139 e. The summed E-state index contributed by atoms with van der Waals surface area (Å²) < 4.78 is 8.66. The van der Waals surface area contributed by atoms with Crippen molar-refractivity contribution in [3.05, 3.63) is 28.4 Å². The van der Waals surface area contributed by atoms with Gasteiger partial charge in [0.1, 0.15) is 12.2 Å². The number of aryl methyl sites for hydroxylation is 1. The maximum absolute atomic E-state index is 5.72. The predicted octanol–water partition coefficient (Wildman–Crippen LogP) is 4.42. The van der Waals surface area contributed by atoms with Gasteiger partial charge in [-0.1, -0.05) is 31.8 Å². The molecule has 0 aliphatic rings. The second-order valence-corrected chi connectivity index (χ2v) is 12.6. The molecule has 0 radical (unpaired) electrons. The predicted molar refractivity (Wildman–Crippen MR) is 86.3 cm³/mol. The molecular formula is C14H21BrN2OSi. The van der Waals surface area contributed by atoms with Gasteiger partial charge in [0.25, 0.3) is 0 Å². The lowest BCUT2D eigenvalue weighted by atomic mass is 10.2. The van der Waals surface area contributed by atoms with E-state index >= 15 is 0 Å². The second kappa shape index (κ2) is 5.77. The molecule has 5 heteroatoms. The molecule has 0 amide bonds. The molecule has 0 unspecified atom stereocenters. The first kappa shape index (κ1) is 14.7. The Bertz CT molecular complexity index is 575. The van der Waals surface area contributed by atoms with Crippen LogP contribution in [0.25, 0.3) is 10.9 Å². The van der Waals surface area contributed by atoms with E-state index in [0.717, 1.165) is 22.0 Å². The third kappa shape index (κ3) is 3.90. The van der Waals surface area contributed by atoms with E-state index in [1.807, 2.05) is 10.9 Å². The highest BCUT2D eigenvalue weighted by Gasteiger charge is 2.12. The molecule has 0 saturated carbocycles. The highest BCUT2D eigenvalue weighted by atomic mass is 79.9. The van der Waals surface area contributed by atoms with Crippen molar-refractivity contribution in [1.29, 1.82) is 0 Å². The number of hydrogen-bond acceptors (Lipinski definition) is 2. The normalized spacial score (nSPS) is 12.3. The van der Waals surface area contributed by atoms with Crippen LogP contribution < -0.4 is 0 Å². The fourth-order valence-electron chi connectivity index (χ4n) is 1.81. The lowest BCUT2D eigenvalue weighted by Crippen LogP contribution is -2.22. The van der Waals surface area contributed by atoms with Gasteiger partial charge in [-0.3, -0.25) is 0 Å². The molecule has 19 heavy (non-hydrogen) atoms. The molecular weight excluding hydrogens is 320 g/mol. The minimum Gasteiger partial charge on any atom is -0.360 e. The molecule has 0 aliphatic carbocycles. The Labute approximate surface area is 124 Å². The van der Waals surface area contributed by atoms with Gasteiger partial charge in [0.15, 0.2) is 0 Å². The Balaban J connectivity index is 2.00. The number of ether oxygens (including phenoxy) is 1. The van der Waals surface area contributed by atoms with Crippen LogP contribution in [0.15, 0.2) is 22.8 Å². The lowest BCUT2D eigenvalue weighted by Gasteiger charge is -2.15. The van der Waals surface area contributed by atoms with Gasteiger partial charge in [-0.2, -0.15) is 5.10 Å². The van der Waals surface area contributed by atoms with Crippen LogP contribution in [0, 0.1) is 6.92 Å². The van der Waals surface area contributed by atoms with E-state index in [9.17, 15) is 0 Å². The van der Waals surface area contributed by atoms with Crippen LogP contribution >= 0.6 is 15.9 Å². The standard InChI is InChI=1S/C14H21BrN2OSi/c1-11-5-6-12-9-17(16-14(12)13(11)15)10-18-7-8-19(2,3)4/h5-6,9H,7-8,10H2,1-4H3. The van der Waals surface area contributed by atoms with Crippen LogP contribution in [0.3, 0.4) is 0 Å². The van der Waals surface area contributed by atoms with Gasteiger partial charge in [-0.05, 0) is 34.5 Å². The van der Waals surface area contributed by atoms with E-state index < -0.39 is 8.07 Å². The molecule has 0 aliphatic heterocycles. The highest BCUT2D eigenvalue weighted by molar-refractivity contribution is 9.10. The summed E-state index contributed by atoms with van der Waals surface area (Å²) in [4.78, 5) is 0. The van der Waals surface area contributed by atoms with Gasteiger partial charge in [-0.25, -0.2) is 4.68 Å². The summed E-state index contributed by atoms with van der Waals surface area (Å²) in [5, 5.41) is 5.71. The molecule has 2 rings (SSSR count). The van der Waals surface area contributed by atoms with Crippen molar-refractivity contribution in [1.82, 2.24) is 9.78 Å². The molecule has 0 bridgehead atoms. The van der Waals surface area contributed by atoms with E-state index in [2.05, 4.69) is 59.7 Å². The number of fused-ring (bicyclic) bond motifs is 1. The van der Waals surface area contributed by atoms with Gasteiger partial charge >= 0.3 is 0 Å². The SMILES string of the molecule is Cc1ccc2cn(COCC[Si](C)(C)C)nc2c1Br. The zero-order valence-electron chi connectivity index (χ0n) is 12.0. The number of halogens is 1. The minimum atomic E-state index is -1.01. The first-order valence-corrected chi connectivity index (χ1v) is 11.1. The molecule has 1 aromatic carbocycles. The molecule has 0 fully saturated rings. The number of rotatable bonds is 5. The third-order valence-electron chi connectivity index (χ3n) is 3.08. The minimum absolute atomic E-state index is 0.532. The van der Waals surface area contributed by atoms with E-state index in [0.29, 0.717) is 6.73 Å². The Morgan fingerprint density at radius 1 is 1.32 bits per heavy atom. The molecule has 2 aromatic rings. The summed E-state index contributed by atoms with van der Waals surface area (Å²) in [6.07, 6.45) is 2.04. The molecule has 0 saturated heterocycles. The molecule has 0 spiro atoms. The zero-order chi connectivity index (χ0) is 14.0. The van der Waals surface area contributed by atoms with Gasteiger partial charge in [-0.15, -0.1) is 0 Å². The lowest BCUT2D eigenvalue weighted by molar-refractivity contribution is 0.0791. The van der Waals surface area contributed by atoms with Crippen LogP contribution in [0.2, 0.25) is 25.7 Å². The first-order valence-electron chi connectivity index (χ1n) is 6.57. The van der Waals surface area contributed by atoms with Crippen LogP contribution in [0.5, 0.6) is 0 Å². The average Bonchev–Trinajstić information content (AvgIpc) is 2.72. The number of aromatic nitrogens is 2. The van der Waals surface area contributed by atoms with Crippen LogP contribution in [0.1, 0.15) is 5.56 Å². The fourth-order valence-corrected chi connectivity index (χ4v) is 3.00. The Kier molecular flexibility index (Phi) is 4.48. The zero-order valence-corrected chi connectivity index (χ0v) is 14.6. The van der Waals surface area contributed by atoms with Crippen molar-refractivity contribution in [2.45, 2.75) is 39.3 Å². The Hall–Kier alpha value is -0.653. The third-order valence-corrected chi connectivity index (χ3v) is 5.78. The summed E-state index contributed by atoms with van der Waals surface area (Å²) in [6, 6.07) is 5.39. The molecule has 104 valence electrons. The summed E-state index contributed by atoms with van der Waals surface area (Å²) in [7, 11) is -1.01. The van der Waals surface area contributed by atoms with E-state index in [1.165, 1.54) is 11.6 Å². The summed E-state index contributed by atoms with van der Waals surface area (Å²) in [5.74, 6) is 0. The highest BCUT2D eigenvalue weighted by Crippen LogP contribution is 2.25. The van der Waals surface area contributed by atoms with Gasteiger partial charge in [0.05, 0.1) is 0 Å². The van der Waals surface area contributed by atoms with E-state index in [-0.39, 0.29) is 0 Å². The summed E-state index contributed by atoms with van der Waals surface area (Å²) in [6.45, 7) is 10.5. The molecule has 0 atom stereocenters. The topological polar surface area (TPSA) is 27.1 Å². The number of nitrogens with zero attached hydrogens (tertiary/aromatic N) is 2. The second-order valence-electron chi connectivity index (χ2n) is 6.15. The Morgan fingerprint density at radius 2 is 2.05 bits per heavy atom. The Morgan fingerprint density at radius 3 is 2.74 bits per heavy atom. The monoisotopic (exact) mass is 340 g/mol. The summed E-state index contributed by atoms with van der Waals surface area (Å²) >= 11 is 3.59.